The molecule has 2 aliphatic carbocycles. The predicted octanol–water partition coefficient (Wildman–Crippen LogP) is 4.38. The third-order valence-electron chi connectivity index (χ3n) is 6.88. The number of aliphatic hydroxyl groups excluding tert-OH is 1. The molecule has 2 aliphatic rings. The Hall–Kier alpha value is -2.61. The lowest BCUT2D eigenvalue weighted by molar-refractivity contribution is 0.191. The summed E-state index contributed by atoms with van der Waals surface area (Å²) in [5, 5.41) is 38.9. The van der Waals surface area contributed by atoms with Crippen molar-refractivity contribution in [3.63, 3.8) is 0 Å². The highest BCUT2D eigenvalue weighted by atomic mass is 16.3. The Kier molecular flexibility index (Phi) is 5.10. The summed E-state index contributed by atoms with van der Waals surface area (Å²) < 4.78 is 0. The van der Waals surface area contributed by atoms with Gasteiger partial charge in [-0.15, -0.1) is 0 Å². The van der Waals surface area contributed by atoms with Crippen molar-refractivity contribution >= 4 is 6.08 Å². The van der Waals surface area contributed by atoms with Crippen molar-refractivity contribution in [2.24, 2.45) is 17.8 Å². The number of aliphatic hydroxyl groups is 1. The van der Waals surface area contributed by atoms with Gasteiger partial charge in [-0.25, -0.2) is 0 Å². The molecule has 3 rings (SSSR count). The smallest absolute Gasteiger partial charge is 0.253 e. The Morgan fingerprint density at radius 1 is 1.04 bits per heavy atom. The van der Waals surface area contributed by atoms with Crippen LogP contribution in [0.4, 0.5) is 0 Å². The van der Waals surface area contributed by atoms with Crippen molar-refractivity contribution in [1.29, 1.82) is 15.8 Å². The molecule has 1 saturated carbocycles. The SMILES string of the molecule is CC1CC=Cc2cc(C3CC(CO)C(C)C3C)c(C(C#N)(C#N)C#N)cc21. The number of nitrogens with zero attached hydrogens (tertiary/aromatic N) is 3. The average molecular weight is 359 g/mol. The van der Waals surface area contributed by atoms with E-state index in [9.17, 15) is 20.9 Å². The Morgan fingerprint density at radius 2 is 1.70 bits per heavy atom. The van der Waals surface area contributed by atoms with Crippen LogP contribution in [0.1, 0.15) is 67.7 Å². The summed E-state index contributed by atoms with van der Waals surface area (Å²) >= 11 is 0. The van der Waals surface area contributed by atoms with Gasteiger partial charge in [-0.2, -0.15) is 15.8 Å². The van der Waals surface area contributed by atoms with Crippen molar-refractivity contribution in [3.8, 4) is 18.2 Å². The zero-order valence-corrected chi connectivity index (χ0v) is 16.1. The molecule has 138 valence electrons. The third kappa shape index (κ3) is 2.93. The first-order valence-electron chi connectivity index (χ1n) is 9.61. The van der Waals surface area contributed by atoms with Crippen LogP contribution in [0, 0.1) is 51.7 Å². The lowest BCUT2D eigenvalue weighted by atomic mass is 9.72. The van der Waals surface area contributed by atoms with Gasteiger partial charge >= 0.3 is 0 Å². The number of nitriles is 3. The van der Waals surface area contributed by atoms with Gasteiger partial charge in [0.2, 0.25) is 0 Å². The van der Waals surface area contributed by atoms with Gasteiger partial charge in [0.1, 0.15) is 18.2 Å². The molecule has 1 aromatic rings. The molecule has 4 heteroatoms. The van der Waals surface area contributed by atoms with E-state index in [4.69, 9.17) is 0 Å². The number of rotatable bonds is 3. The highest BCUT2D eigenvalue weighted by Crippen LogP contribution is 2.50. The Labute approximate surface area is 161 Å². The molecule has 5 unspecified atom stereocenters. The largest absolute Gasteiger partial charge is 0.396 e. The van der Waals surface area contributed by atoms with Gasteiger partial charge in [-0.05, 0) is 59.1 Å². The summed E-state index contributed by atoms with van der Waals surface area (Å²) in [4.78, 5) is 0. The van der Waals surface area contributed by atoms with Crippen LogP contribution in [0.25, 0.3) is 6.08 Å². The van der Waals surface area contributed by atoms with E-state index in [1.165, 1.54) is 0 Å². The van der Waals surface area contributed by atoms with Crippen LogP contribution in [0.2, 0.25) is 0 Å². The highest BCUT2D eigenvalue weighted by Gasteiger charge is 2.43. The van der Waals surface area contributed by atoms with Gasteiger partial charge in [0.05, 0.1) is 0 Å². The van der Waals surface area contributed by atoms with E-state index in [0.717, 1.165) is 29.5 Å². The van der Waals surface area contributed by atoms with Crippen molar-refractivity contribution < 1.29 is 5.11 Å². The molecule has 0 saturated heterocycles. The second-order valence-electron chi connectivity index (χ2n) is 8.20. The Balaban J connectivity index is 2.25. The predicted molar refractivity (Wildman–Crippen MR) is 103 cm³/mol. The molecule has 0 amide bonds. The van der Waals surface area contributed by atoms with E-state index in [1.54, 1.807) is 0 Å². The minimum absolute atomic E-state index is 0.123. The average Bonchev–Trinajstić information content (AvgIpc) is 2.98. The molecule has 0 spiro atoms. The lowest BCUT2D eigenvalue weighted by Crippen LogP contribution is -2.24. The molecule has 5 atom stereocenters. The van der Waals surface area contributed by atoms with Crippen molar-refractivity contribution in [3.05, 3.63) is 40.5 Å². The van der Waals surface area contributed by atoms with Crippen LogP contribution in [0.5, 0.6) is 0 Å². The minimum Gasteiger partial charge on any atom is -0.396 e. The molecular weight excluding hydrogens is 334 g/mol. The van der Waals surface area contributed by atoms with Gasteiger partial charge in [-0.3, -0.25) is 0 Å². The van der Waals surface area contributed by atoms with Gasteiger partial charge in [-0.1, -0.05) is 45.1 Å². The first-order chi connectivity index (χ1) is 12.9. The molecule has 1 N–H and O–H groups in total. The number of allylic oxidation sites excluding steroid dienone is 1. The summed E-state index contributed by atoms with van der Waals surface area (Å²) in [7, 11) is 0. The standard InChI is InChI=1S/C23H25N3O/c1-14-5-4-6-17-7-21(20-8-18(10-27)15(2)16(20)3)22(9-19(14)17)23(11-24,12-25)13-26/h4,6-7,9,14-16,18,20,27H,5,8,10H2,1-3H3. The topological polar surface area (TPSA) is 91.6 Å². The highest BCUT2D eigenvalue weighted by molar-refractivity contribution is 5.64. The molecule has 0 aliphatic heterocycles. The number of benzene rings is 1. The molecular formula is C23H25N3O. The monoisotopic (exact) mass is 359 g/mol. The fraction of sp³-hybridized carbons (Fsp3) is 0.522. The zero-order valence-electron chi connectivity index (χ0n) is 16.1. The van der Waals surface area contributed by atoms with Crippen LogP contribution in [0.3, 0.4) is 0 Å². The van der Waals surface area contributed by atoms with Crippen LogP contribution in [-0.4, -0.2) is 11.7 Å². The van der Waals surface area contributed by atoms with Crippen LogP contribution in [-0.2, 0) is 5.41 Å². The quantitative estimate of drug-likeness (QED) is 0.866. The summed E-state index contributed by atoms with van der Waals surface area (Å²) in [5.41, 5.74) is 1.87. The first-order valence-corrected chi connectivity index (χ1v) is 9.61. The maximum Gasteiger partial charge on any atom is 0.253 e. The second kappa shape index (κ2) is 7.19. The second-order valence-corrected chi connectivity index (χ2v) is 8.20. The number of fused-ring (bicyclic) bond motifs is 1. The van der Waals surface area contributed by atoms with Crippen molar-refractivity contribution in [2.45, 2.75) is 50.9 Å². The maximum absolute atomic E-state index is 9.75. The summed E-state index contributed by atoms with van der Waals surface area (Å²) in [5.74, 6) is 1.26. The van der Waals surface area contributed by atoms with E-state index in [-0.39, 0.29) is 24.4 Å². The van der Waals surface area contributed by atoms with E-state index < -0.39 is 5.41 Å². The van der Waals surface area contributed by atoms with Crippen molar-refractivity contribution in [1.82, 2.24) is 0 Å². The van der Waals surface area contributed by atoms with E-state index in [0.29, 0.717) is 17.4 Å². The zero-order chi connectivity index (χ0) is 19.8. The molecule has 1 aromatic carbocycles. The molecule has 0 heterocycles. The molecule has 0 radical (unpaired) electrons. The fourth-order valence-corrected chi connectivity index (χ4v) is 4.84. The third-order valence-corrected chi connectivity index (χ3v) is 6.88. The molecule has 0 bridgehead atoms. The van der Waals surface area contributed by atoms with Gasteiger partial charge in [0.15, 0.2) is 0 Å². The van der Waals surface area contributed by atoms with Crippen LogP contribution >= 0.6 is 0 Å². The van der Waals surface area contributed by atoms with E-state index in [2.05, 4.69) is 39.0 Å². The first kappa shape index (κ1) is 19.2. The summed E-state index contributed by atoms with van der Waals surface area (Å²) in [6.07, 6.45) is 5.97. The fourth-order valence-electron chi connectivity index (χ4n) is 4.84. The van der Waals surface area contributed by atoms with E-state index in [1.807, 2.05) is 24.3 Å². The van der Waals surface area contributed by atoms with Gasteiger partial charge in [0.25, 0.3) is 5.41 Å². The molecule has 4 nitrogen and oxygen atoms in total. The van der Waals surface area contributed by atoms with Gasteiger partial charge < -0.3 is 5.11 Å². The molecule has 27 heavy (non-hydrogen) atoms. The van der Waals surface area contributed by atoms with Crippen LogP contribution in [0.15, 0.2) is 18.2 Å². The lowest BCUT2D eigenvalue weighted by Gasteiger charge is -2.28. The minimum atomic E-state index is -1.80. The number of hydrogen-bond donors (Lipinski definition) is 1. The number of hydrogen-bond acceptors (Lipinski definition) is 4. The Morgan fingerprint density at radius 3 is 2.26 bits per heavy atom. The molecule has 0 aromatic heterocycles. The Bertz CT molecular complexity index is 860. The summed E-state index contributed by atoms with van der Waals surface area (Å²) in [6.45, 7) is 6.58. The van der Waals surface area contributed by atoms with Crippen molar-refractivity contribution in [2.75, 3.05) is 6.61 Å². The summed E-state index contributed by atoms with van der Waals surface area (Å²) in [6, 6.07) is 9.95. The van der Waals surface area contributed by atoms with Crippen LogP contribution < -0.4 is 0 Å². The van der Waals surface area contributed by atoms with E-state index >= 15 is 0 Å². The maximum atomic E-state index is 9.75. The molecule has 1 fully saturated rings. The normalized spacial score (nSPS) is 29.4. The van der Waals surface area contributed by atoms with Gasteiger partial charge in [0, 0.05) is 12.2 Å².